The molecule has 0 aliphatic rings. The number of aromatic nitrogens is 1. The van der Waals surface area contributed by atoms with Crippen molar-refractivity contribution in [1.29, 1.82) is 5.26 Å². The first kappa shape index (κ1) is 19.7. The van der Waals surface area contributed by atoms with E-state index in [0.29, 0.717) is 16.8 Å². The third-order valence-electron chi connectivity index (χ3n) is 4.95. The SMILES string of the molecule is CC[C@@H](C)n1cc(/C=C(/C#N)C(=O)Nc2cc(Cl)ccc2C)c2ccccc21. The van der Waals surface area contributed by atoms with Gasteiger partial charge in [0.1, 0.15) is 11.6 Å². The van der Waals surface area contributed by atoms with Gasteiger partial charge in [-0.05, 0) is 50.1 Å². The summed E-state index contributed by atoms with van der Waals surface area (Å²) in [6.45, 7) is 6.16. The van der Waals surface area contributed by atoms with Crippen molar-refractivity contribution in [2.24, 2.45) is 0 Å². The molecule has 3 rings (SSSR count). The third-order valence-corrected chi connectivity index (χ3v) is 5.18. The Balaban J connectivity index is 2.00. The molecule has 28 heavy (non-hydrogen) atoms. The number of hydrogen-bond donors (Lipinski definition) is 1. The number of carbonyl (C=O) groups excluding carboxylic acids is 1. The van der Waals surface area contributed by atoms with Crippen LogP contribution in [0.2, 0.25) is 5.02 Å². The molecule has 1 aromatic heterocycles. The Morgan fingerprint density at radius 1 is 1.32 bits per heavy atom. The molecule has 2 aromatic carbocycles. The second-order valence-corrected chi connectivity index (χ2v) is 7.29. The van der Waals surface area contributed by atoms with Crippen LogP contribution in [0, 0.1) is 18.3 Å². The molecule has 1 N–H and O–H groups in total. The molecular formula is C23H22ClN3O. The molecule has 0 aliphatic heterocycles. The van der Waals surface area contributed by atoms with Gasteiger partial charge >= 0.3 is 0 Å². The summed E-state index contributed by atoms with van der Waals surface area (Å²) in [6, 6.07) is 15.6. The van der Waals surface area contributed by atoms with Gasteiger partial charge in [0, 0.05) is 39.4 Å². The van der Waals surface area contributed by atoms with Gasteiger partial charge in [0.25, 0.3) is 5.91 Å². The molecule has 0 spiro atoms. The number of nitrogens with one attached hydrogen (secondary N) is 1. The molecule has 5 heteroatoms. The number of nitrogens with zero attached hydrogens (tertiary/aromatic N) is 2. The molecule has 0 saturated carbocycles. The number of anilines is 1. The summed E-state index contributed by atoms with van der Waals surface area (Å²) >= 11 is 6.02. The number of carbonyl (C=O) groups is 1. The molecule has 1 heterocycles. The highest BCUT2D eigenvalue weighted by atomic mass is 35.5. The Labute approximate surface area is 170 Å². The van der Waals surface area contributed by atoms with Crippen LogP contribution < -0.4 is 5.32 Å². The number of benzene rings is 2. The average molecular weight is 392 g/mol. The molecule has 0 unspecified atom stereocenters. The van der Waals surface area contributed by atoms with Gasteiger partial charge < -0.3 is 9.88 Å². The Morgan fingerprint density at radius 3 is 2.79 bits per heavy atom. The zero-order valence-corrected chi connectivity index (χ0v) is 16.9. The van der Waals surface area contributed by atoms with Crippen LogP contribution in [0.3, 0.4) is 0 Å². The fourth-order valence-corrected chi connectivity index (χ4v) is 3.30. The lowest BCUT2D eigenvalue weighted by molar-refractivity contribution is -0.112. The molecule has 0 bridgehead atoms. The Bertz CT molecular complexity index is 1100. The lowest BCUT2D eigenvalue weighted by Crippen LogP contribution is -2.14. The predicted molar refractivity (Wildman–Crippen MR) is 115 cm³/mol. The first-order valence-electron chi connectivity index (χ1n) is 9.23. The second kappa shape index (κ2) is 8.33. The van der Waals surface area contributed by atoms with E-state index >= 15 is 0 Å². The van der Waals surface area contributed by atoms with Gasteiger partial charge in [0.15, 0.2) is 0 Å². The minimum absolute atomic E-state index is 0.0476. The summed E-state index contributed by atoms with van der Waals surface area (Å²) in [7, 11) is 0. The van der Waals surface area contributed by atoms with Crippen molar-refractivity contribution in [3.8, 4) is 6.07 Å². The van der Waals surface area contributed by atoms with E-state index in [1.165, 1.54) is 0 Å². The van der Waals surface area contributed by atoms with Crippen LogP contribution in [-0.4, -0.2) is 10.5 Å². The number of rotatable bonds is 5. The van der Waals surface area contributed by atoms with Crippen molar-refractivity contribution in [3.05, 3.63) is 70.4 Å². The molecule has 4 nitrogen and oxygen atoms in total. The van der Waals surface area contributed by atoms with Gasteiger partial charge in [-0.2, -0.15) is 5.26 Å². The van der Waals surface area contributed by atoms with E-state index in [9.17, 15) is 10.1 Å². The lowest BCUT2D eigenvalue weighted by Gasteiger charge is -2.12. The van der Waals surface area contributed by atoms with Crippen molar-refractivity contribution in [1.82, 2.24) is 4.57 Å². The van der Waals surface area contributed by atoms with Gasteiger partial charge in [-0.15, -0.1) is 0 Å². The molecule has 3 aromatic rings. The van der Waals surface area contributed by atoms with Crippen molar-refractivity contribution in [3.63, 3.8) is 0 Å². The van der Waals surface area contributed by atoms with E-state index in [2.05, 4.69) is 29.8 Å². The quantitative estimate of drug-likeness (QED) is 0.420. The maximum absolute atomic E-state index is 12.7. The summed E-state index contributed by atoms with van der Waals surface area (Å²) in [6.07, 6.45) is 4.64. The van der Waals surface area contributed by atoms with Crippen molar-refractivity contribution in [2.45, 2.75) is 33.2 Å². The molecule has 0 radical (unpaired) electrons. The lowest BCUT2D eigenvalue weighted by atomic mass is 10.1. The Kier molecular flexibility index (Phi) is 5.87. The molecule has 142 valence electrons. The van der Waals surface area contributed by atoms with Crippen LogP contribution in [0.1, 0.15) is 37.4 Å². The second-order valence-electron chi connectivity index (χ2n) is 6.85. The van der Waals surface area contributed by atoms with E-state index in [-0.39, 0.29) is 5.57 Å². The van der Waals surface area contributed by atoms with Crippen molar-refractivity contribution in [2.75, 3.05) is 5.32 Å². The van der Waals surface area contributed by atoms with Crippen LogP contribution in [0.5, 0.6) is 0 Å². The highest BCUT2D eigenvalue weighted by molar-refractivity contribution is 6.31. The monoisotopic (exact) mass is 391 g/mol. The largest absolute Gasteiger partial charge is 0.344 e. The molecule has 0 fully saturated rings. The van der Waals surface area contributed by atoms with E-state index < -0.39 is 5.91 Å². The first-order chi connectivity index (χ1) is 13.4. The molecule has 0 aliphatic carbocycles. The Hall–Kier alpha value is -3.03. The van der Waals surface area contributed by atoms with Gasteiger partial charge in [-0.25, -0.2) is 0 Å². The number of nitriles is 1. The number of para-hydroxylation sites is 1. The fourth-order valence-electron chi connectivity index (χ4n) is 3.13. The van der Waals surface area contributed by atoms with Crippen LogP contribution in [-0.2, 0) is 4.79 Å². The zero-order chi connectivity index (χ0) is 20.3. The summed E-state index contributed by atoms with van der Waals surface area (Å²) in [5, 5.41) is 13.9. The van der Waals surface area contributed by atoms with Crippen LogP contribution in [0.25, 0.3) is 17.0 Å². The van der Waals surface area contributed by atoms with E-state index in [1.807, 2.05) is 43.5 Å². The minimum atomic E-state index is -0.451. The van der Waals surface area contributed by atoms with Crippen molar-refractivity contribution >= 4 is 40.2 Å². The number of fused-ring (bicyclic) bond motifs is 1. The van der Waals surface area contributed by atoms with Gasteiger partial charge in [-0.1, -0.05) is 42.8 Å². The van der Waals surface area contributed by atoms with Gasteiger partial charge in [-0.3, -0.25) is 4.79 Å². The molecule has 0 saturated heterocycles. The predicted octanol–water partition coefficient (Wildman–Crippen LogP) is 6.12. The highest BCUT2D eigenvalue weighted by Crippen LogP contribution is 2.28. The van der Waals surface area contributed by atoms with Crippen molar-refractivity contribution < 1.29 is 4.79 Å². The smallest absolute Gasteiger partial charge is 0.266 e. The maximum atomic E-state index is 12.7. The number of amides is 1. The first-order valence-corrected chi connectivity index (χ1v) is 9.61. The van der Waals surface area contributed by atoms with Crippen LogP contribution >= 0.6 is 11.6 Å². The number of halogens is 1. The van der Waals surface area contributed by atoms with Gasteiger partial charge in [0.05, 0.1) is 0 Å². The molecule has 1 amide bonds. The fraction of sp³-hybridized carbons (Fsp3) is 0.217. The maximum Gasteiger partial charge on any atom is 0.266 e. The zero-order valence-electron chi connectivity index (χ0n) is 16.2. The highest BCUT2D eigenvalue weighted by Gasteiger charge is 2.15. The average Bonchev–Trinajstić information content (AvgIpc) is 3.06. The summed E-state index contributed by atoms with van der Waals surface area (Å²) in [5.74, 6) is -0.451. The minimum Gasteiger partial charge on any atom is -0.344 e. The standard InChI is InChI=1S/C23H22ClN3O/c1-4-16(3)27-14-18(20-7-5-6-8-22(20)27)11-17(13-25)23(28)26-21-12-19(24)10-9-15(21)2/h5-12,14,16H,4H2,1-3H3,(H,26,28)/b17-11-/t16-/m1/s1. The van der Waals surface area contributed by atoms with E-state index in [1.54, 1.807) is 18.2 Å². The molecular weight excluding hydrogens is 370 g/mol. The topological polar surface area (TPSA) is 57.8 Å². The summed E-state index contributed by atoms with van der Waals surface area (Å²) < 4.78 is 2.19. The third kappa shape index (κ3) is 3.95. The van der Waals surface area contributed by atoms with Crippen LogP contribution in [0.15, 0.2) is 54.2 Å². The van der Waals surface area contributed by atoms with Crippen LogP contribution in [0.4, 0.5) is 5.69 Å². The Morgan fingerprint density at radius 2 is 2.07 bits per heavy atom. The number of aryl methyl sites for hydroxylation is 1. The number of hydrogen-bond acceptors (Lipinski definition) is 2. The van der Waals surface area contributed by atoms with E-state index in [0.717, 1.165) is 28.5 Å². The van der Waals surface area contributed by atoms with Gasteiger partial charge in [0.2, 0.25) is 0 Å². The molecule has 1 atom stereocenters. The van der Waals surface area contributed by atoms with E-state index in [4.69, 9.17) is 11.6 Å². The normalized spacial score (nSPS) is 12.6. The summed E-state index contributed by atoms with van der Waals surface area (Å²) in [5.41, 5.74) is 3.47. The summed E-state index contributed by atoms with van der Waals surface area (Å²) in [4.78, 5) is 12.7.